The molecule has 1 aliphatic carbocycles. The van der Waals surface area contributed by atoms with Crippen LogP contribution in [0.15, 0.2) is 0 Å². The van der Waals surface area contributed by atoms with E-state index in [1.54, 1.807) is 6.92 Å². The fourth-order valence-electron chi connectivity index (χ4n) is 1.38. The molecule has 0 bridgehead atoms. The molecule has 5 nitrogen and oxygen atoms in total. The molecule has 0 aromatic heterocycles. The van der Waals surface area contributed by atoms with Gasteiger partial charge in [-0.05, 0) is 32.1 Å². The number of hydrogen-bond donors (Lipinski definition) is 3. The summed E-state index contributed by atoms with van der Waals surface area (Å²) in [5.74, 6) is 0.595. The molecule has 5 heteroatoms. The molecule has 0 aromatic carbocycles. The Morgan fingerprint density at radius 2 is 2.00 bits per heavy atom. The van der Waals surface area contributed by atoms with E-state index in [1.165, 1.54) is 12.8 Å². The summed E-state index contributed by atoms with van der Waals surface area (Å²) < 4.78 is 0. The van der Waals surface area contributed by atoms with E-state index in [1.807, 2.05) is 6.92 Å². The molecule has 0 radical (unpaired) electrons. The molecule has 1 aliphatic rings. The quantitative estimate of drug-likeness (QED) is 0.561. The zero-order valence-corrected chi connectivity index (χ0v) is 10.7. The van der Waals surface area contributed by atoms with Crippen molar-refractivity contribution in [3.05, 3.63) is 0 Å². The summed E-state index contributed by atoms with van der Waals surface area (Å²) in [6.45, 7) is 5.42. The Morgan fingerprint density at radius 3 is 2.59 bits per heavy atom. The molecule has 0 saturated heterocycles. The van der Waals surface area contributed by atoms with Crippen LogP contribution < -0.4 is 16.0 Å². The topological polar surface area (TPSA) is 70.2 Å². The largest absolute Gasteiger partial charge is 0.355 e. The molecule has 0 heterocycles. The van der Waals surface area contributed by atoms with Crippen molar-refractivity contribution in [3.63, 3.8) is 0 Å². The molecule has 1 atom stereocenters. The van der Waals surface area contributed by atoms with E-state index in [0.29, 0.717) is 12.5 Å². The van der Waals surface area contributed by atoms with E-state index in [4.69, 9.17) is 0 Å². The van der Waals surface area contributed by atoms with Gasteiger partial charge in [-0.3, -0.25) is 14.9 Å². The van der Waals surface area contributed by atoms with Crippen LogP contribution in [0.25, 0.3) is 0 Å². The van der Waals surface area contributed by atoms with Crippen LogP contribution in [0, 0.1) is 5.92 Å². The minimum absolute atomic E-state index is 0.0351. The zero-order valence-electron chi connectivity index (χ0n) is 10.7. The third-order valence-corrected chi connectivity index (χ3v) is 2.80. The van der Waals surface area contributed by atoms with Crippen LogP contribution in [0.5, 0.6) is 0 Å². The van der Waals surface area contributed by atoms with E-state index in [-0.39, 0.29) is 24.4 Å². The maximum Gasteiger partial charge on any atom is 0.236 e. The van der Waals surface area contributed by atoms with Crippen molar-refractivity contribution in [1.29, 1.82) is 0 Å². The number of rotatable bonds is 8. The summed E-state index contributed by atoms with van der Waals surface area (Å²) in [6.07, 6.45) is 3.37. The van der Waals surface area contributed by atoms with Crippen LogP contribution in [0.2, 0.25) is 0 Å². The third-order valence-electron chi connectivity index (χ3n) is 2.80. The highest BCUT2D eigenvalue weighted by Crippen LogP contribution is 2.27. The molecule has 1 rings (SSSR count). The summed E-state index contributed by atoms with van der Waals surface area (Å²) in [5, 5.41) is 8.54. The molecule has 1 unspecified atom stereocenters. The average Bonchev–Trinajstić information content (AvgIpc) is 3.14. The first-order valence-corrected chi connectivity index (χ1v) is 6.41. The van der Waals surface area contributed by atoms with Crippen LogP contribution in [-0.4, -0.2) is 37.5 Å². The minimum atomic E-state index is -0.326. The van der Waals surface area contributed by atoms with Gasteiger partial charge >= 0.3 is 0 Å². The van der Waals surface area contributed by atoms with E-state index in [2.05, 4.69) is 16.0 Å². The molecule has 1 fully saturated rings. The Kier molecular flexibility index (Phi) is 5.97. The second-order valence-corrected chi connectivity index (χ2v) is 4.64. The van der Waals surface area contributed by atoms with Crippen molar-refractivity contribution >= 4 is 11.8 Å². The van der Waals surface area contributed by atoms with Gasteiger partial charge in [-0.2, -0.15) is 0 Å². The van der Waals surface area contributed by atoms with Crippen molar-refractivity contribution in [2.45, 2.75) is 39.2 Å². The van der Waals surface area contributed by atoms with Crippen molar-refractivity contribution < 1.29 is 9.59 Å². The Labute approximate surface area is 103 Å². The molecule has 3 N–H and O–H groups in total. The maximum atomic E-state index is 11.5. The molecule has 0 aromatic rings. The third kappa shape index (κ3) is 6.26. The van der Waals surface area contributed by atoms with Crippen LogP contribution in [-0.2, 0) is 9.59 Å². The Bertz CT molecular complexity index is 264. The molecule has 0 spiro atoms. The second-order valence-electron chi connectivity index (χ2n) is 4.64. The molecule has 2 amide bonds. The highest BCUT2D eigenvalue weighted by atomic mass is 16.2. The number of carbonyl (C=O) groups is 2. The summed E-state index contributed by atoms with van der Waals surface area (Å²) in [6, 6.07) is -0.326. The normalized spacial score (nSPS) is 16.4. The van der Waals surface area contributed by atoms with Gasteiger partial charge in [-0.15, -0.1) is 0 Å². The fraction of sp³-hybridized carbons (Fsp3) is 0.833. The number of amides is 2. The SMILES string of the molecule is CCCNC(=O)C(C)NCC(=O)NCC1CC1. The molecule has 1 saturated carbocycles. The van der Waals surface area contributed by atoms with Gasteiger partial charge < -0.3 is 10.6 Å². The lowest BCUT2D eigenvalue weighted by Crippen LogP contribution is -2.46. The standard InChI is InChI=1S/C12H23N3O2/c1-3-6-13-12(17)9(2)14-8-11(16)15-7-10-4-5-10/h9-10,14H,3-8H2,1-2H3,(H,13,17)(H,15,16). The lowest BCUT2D eigenvalue weighted by Gasteiger charge is -2.13. The van der Waals surface area contributed by atoms with Crippen LogP contribution in [0.1, 0.15) is 33.1 Å². The molecular formula is C12H23N3O2. The van der Waals surface area contributed by atoms with Gasteiger partial charge in [0.15, 0.2) is 0 Å². The first kappa shape index (κ1) is 14.0. The first-order chi connectivity index (χ1) is 8.13. The first-order valence-electron chi connectivity index (χ1n) is 6.41. The number of hydrogen-bond acceptors (Lipinski definition) is 3. The van der Waals surface area contributed by atoms with Crippen molar-refractivity contribution in [2.75, 3.05) is 19.6 Å². The van der Waals surface area contributed by atoms with Gasteiger partial charge in [0.25, 0.3) is 0 Å². The fourth-order valence-corrected chi connectivity index (χ4v) is 1.38. The van der Waals surface area contributed by atoms with Crippen LogP contribution in [0.3, 0.4) is 0 Å². The lowest BCUT2D eigenvalue weighted by molar-refractivity contribution is -0.123. The van der Waals surface area contributed by atoms with E-state index in [9.17, 15) is 9.59 Å². The molecular weight excluding hydrogens is 218 g/mol. The second kappa shape index (κ2) is 7.27. The van der Waals surface area contributed by atoms with Gasteiger partial charge in [0, 0.05) is 13.1 Å². The van der Waals surface area contributed by atoms with Crippen LogP contribution >= 0.6 is 0 Å². The van der Waals surface area contributed by atoms with E-state index in [0.717, 1.165) is 13.0 Å². The van der Waals surface area contributed by atoms with E-state index < -0.39 is 0 Å². The summed E-state index contributed by atoms with van der Waals surface area (Å²) >= 11 is 0. The molecule has 98 valence electrons. The summed E-state index contributed by atoms with van der Waals surface area (Å²) in [7, 11) is 0. The van der Waals surface area contributed by atoms with Gasteiger partial charge in [0.2, 0.25) is 11.8 Å². The van der Waals surface area contributed by atoms with Gasteiger partial charge in [0.1, 0.15) is 0 Å². The lowest BCUT2D eigenvalue weighted by atomic mass is 10.3. The zero-order chi connectivity index (χ0) is 12.7. The monoisotopic (exact) mass is 241 g/mol. The Hall–Kier alpha value is -1.10. The maximum absolute atomic E-state index is 11.5. The van der Waals surface area contributed by atoms with Gasteiger partial charge in [-0.1, -0.05) is 6.92 Å². The van der Waals surface area contributed by atoms with E-state index >= 15 is 0 Å². The summed E-state index contributed by atoms with van der Waals surface area (Å²) in [4.78, 5) is 22.9. The predicted molar refractivity (Wildman–Crippen MR) is 66.5 cm³/mol. The number of carbonyl (C=O) groups excluding carboxylic acids is 2. The smallest absolute Gasteiger partial charge is 0.236 e. The van der Waals surface area contributed by atoms with Crippen LogP contribution in [0.4, 0.5) is 0 Å². The van der Waals surface area contributed by atoms with Crippen molar-refractivity contribution in [1.82, 2.24) is 16.0 Å². The molecule has 0 aliphatic heterocycles. The Balaban J connectivity index is 2.06. The predicted octanol–water partition coefficient (Wildman–Crippen LogP) is 0.0169. The Morgan fingerprint density at radius 1 is 1.29 bits per heavy atom. The summed E-state index contributed by atoms with van der Waals surface area (Å²) in [5.41, 5.74) is 0. The highest BCUT2D eigenvalue weighted by Gasteiger charge is 2.21. The number of nitrogens with one attached hydrogen (secondary N) is 3. The van der Waals surface area contributed by atoms with Gasteiger partial charge in [0.05, 0.1) is 12.6 Å². The highest BCUT2D eigenvalue weighted by molar-refractivity contribution is 5.83. The average molecular weight is 241 g/mol. The van der Waals surface area contributed by atoms with Crippen molar-refractivity contribution in [3.8, 4) is 0 Å². The molecule has 17 heavy (non-hydrogen) atoms. The van der Waals surface area contributed by atoms with Gasteiger partial charge in [-0.25, -0.2) is 0 Å². The van der Waals surface area contributed by atoms with Crippen molar-refractivity contribution in [2.24, 2.45) is 5.92 Å². The minimum Gasteiger partial charge on any atom is -0.355 e.